The summed E-state index contributed by atoms with van der Waals surface area (Å²) in [6.07, 6.45) is 1.32. The third kappa shape index (κ3) is 1.04. The number of carbonyl (C=O) groups is 1. The van der Waals surface area contributed by atoms with Crippen LogP contribution in [-0.2, 0) is 7.05 Å². The second kappa shape index (κ2) is 1.85. The number of nitrogens with one attached hydrogen (secondary N) is 1. The highest BCUT2D eigenvalue weighted by Crippen LogP contribution is 1.83. The zero-order chi connectivity index (χ0) is 6.85. The van der Waals surface area contributed by atoms with Crippen molar-refractivity contribution >= 4 is 5.97 Å². The van der Waals surface area contributed by atoms with E-state index < -0.39 is 5.97 Å². The first-order valence-corrected chi connectivity index (χ1v) is 2.35. The largest absolute Gasteiger partial charge is 0.475 e. The lowest BCUT2D eigenvalue weighted by Crippen LogP contribution is -2.13. The predicted octanol–water partition coefficient (Wildman–Crippen LogP) is -1.07. The summed E-state index contributed by atoms with van der Waals surface area (Å²) in [6, 6.07) is 0. The van der Waals surface area contributed by atoms with Crippen LogP contribution in [0.5, 0.6) is 0 Å². The van der Waals surface area contributed by atoms with Gasteiger partial charge in [0.1, 0.15) is 0 Å². The zero-order valence-corrected chi connectivity index (χ0v) is 4.83. The summed E-state index contributed by atoms with van der Waals surface area (Å²) in [5.41, 5.74) is 0.0255. The number of aromatic carboxylic acids is 1. The van der Waals surface area contributed by atoms with Crippen LogP contribution < -0.4 is 5.10 Å². The molecule has 1 aromatic heterocycles. The summed E-state index contributed by atoms with van der Waals surface area (Å²) < 4.78 is 0. The molecule has 0 amide bonds. The average molecular weight is 128 g/mol. The van der Waals surface area contributed by atoms with Crippen molar-refractivity contribution in [3.8, 4) is 0 Å². The first-order valence-electron chi connectivity index (χ1n) is 2.35. The molecule has 1 heterocycles. The molecule has 0 aliphatic heterocycles. The van der Waals surface area contributed by atoms with Gasteiger partial charge in [0.15, 0.2) is 6.20 Å². The maximum Gasteiger partial charge on any atom is 0.387 e. The van der Waals surface area contributed by atoms with E-state index in [2.05, 4.69) is 10.2 Å². The minimum Gasteiger partial charge on any atom is -0.475 e. The first-order chi connectivity index (χ1) is 4.20. The van der Waals surface area contributed by atoms with E-state index in [9.17, 15) is 4.79 Å². The van der Waals surface area contributed by atoms with Gasteiger partial charge in [0.05, 0.1) is 12.1 Å². The highest BCUT2D eigenvalue weighted by molar-refractivity contribution is 5.84. The van der Waals surface area contributed by atoms with Crippen molar-refractivity contribution in [3.05, 3.63) is 11.9 Å². The Morgan fingerprint density at radius 2 is 2.67 bits per heavy atom. The molecule has 0 saturated heterocycles. The van der Waals surface area contributed by atoms with Gasteiger partial charge >= 0.3 is 11.7 Å². The highest BCUT2D eigenvalue weighted by Gasteiger charge is 2.13. The summed E-state index contributed by atoms with van der Waals surface area (Å²) in [5, 5.41) is 14.4. The van der Waals surface area contributed by atoms with Crippen LogP contribution in [0, 0.1) is 0 Å². The summed E-state index contributed by atoms with van der Waals surface area (Å²) in [7, 11) is 1.62. The van der Waals surface area contributed by atoms with Crippen LogP contribution in [0.2, 0.25) is 0 Å². The molecule has 0 saturated carbocycles. The fourth-order valence-electron chi connectivity index (χ4n) is 0.478. The van der Waals surface area contributed by atoms with E-state index in [1.807, 2.05) is 0 Å². The molecule has 5 heteroatoms. The van der Waals surface area contributed by atoms with E-state index in [4.69, 9.17) is 5.11 Å². The van der Waals surface area contributed by atoms with Crippen LogP contribution in [0.25, 0.3) is 0 Å². The van der Waals surface area contributed by atoms with E-state index >= 15 is 0 Å². The Morgan fingerprint density at radius 3 is 2.89 bits per heavy atom. The first kappa shape index (κ1) is 5.74. The van der Waals surface area contributed by atoms with Crippen LogP contribution >= 0.6 is 0 Å². The van der Waals surface area contributed by atoms with Crippen LogP contribution in [0.3, 0.4) is 0 Å². The molecule has 0 radical (unpaired) electrons. The second-order valence-corrected chi connectivity index (χ2v) is 1.59. The van der Waals surface area contributed by atoms with Crippen molar-refractivity contribution in [1.82, 2.24) is 9.90 Å². The Labute approximate surface area is 50.9 Å². The van der Waals surface area contributed by atoms with Crippen LogP contribution in [0.4, 0.5) is 0 Å². The third-order valence-electron chi connectivity index (χ3n) is 0.865. The lowest BCUT2D eigenvalue weighted by Gasteiger charge is -1.70. The van der Waals surface area contributed by atoms with Crippen LogP contribution in [0.15, 0.2) is 6.20 Å². The van der Waals surface area contributed by atoms with E-state index in [0.717, 1.165) is 0 Å². The molecule has 0 aliphatic rings. The quantitative estimate of drug-likeness (QED) is 0.523. The third-order valence-corrected chi connectivity index (χ3v) is 0.865. The van der Waals surface area contributed by atoms with Gasteiger partial charge < -0.3 is 5.11 Å². The Bertz CT molecular complexity index is 229. The molecule has 0 aliphatic carbocycles. The number of H-pyrrole nitrogens is 1. The van der Waals surface area contributed by atoms with Crippen molar-refractivity contribution in [2.75, 3.05) is 0 Å². The SMILES string of the molecule is Cn1nc(C(=O)O)c[nH+]1. The number of carboxylic acids is 1. The molecule has 1 rings (SSSR count). The maximum absolute atomic E-state index is 10.1. The fraction of sp³-hybridized carbons (Fsp3) is 0.250. The van der Waals surface area contributed by atoms with Gasteiger partial charge in [0.2, 0.25) is 0 Å². The van der Waals surface area contributed by atoms with Gasteiger partial charge in [-0.3, -0.25) is 0 Å². The maximum atomic E-state index is 10.1. The van der Waals surface area contributed by atoms with Crippen molar-refractivity contribution in [2.45, 2.75) is 0 Å². The number of hydrogen-bond acceptors (Lipinski definition) is 2. The van der Waals surface area contributed by atoms with Gasteiger partial charge in [-0.1, -0.05) is 4.80 Å². The topological polar surface area (TPSA) is 69.3 Å². The van der Waals surface area contributed by atoms with Crippen molar-refractivity contribution in [1.29, 1.82) is 0 Å². The van der Waals surface area contributed by atoms with E-state index in [0.29, 0.717) is 0 Å². The van der Waals surface area contributed by atoms with Crippen LogP contribution in [-0.4, -0.2) is 21.0 Å². The van der Waals surface area contributed by atoms with Gasteiger partial charge in [0, 0.05) is 0 Å². The van der Waals surface area contributed by atoms with Crippen LogP contribution in [0.1, 0.15) is 10.5 Å². The van der Waals surface area contributed by atoms with E-state index in [-0.39, 0.29) is 5.69 Å². The summed E-state index contributed by atoms with van der Waals surface area (Å²) in [4.78, 5) is 11.4. The molecular weight excluding hydrogens is 122 g/mol. The van der Waals surface area contributed by atoms with Crippen molar-refractivity contribution < 1.29 is 15.0 Å². The number of nitrogens with zero attached hydrogens (tertiary/aromatic N) is 2. The molecule has 0 aromatic carbocycles. The molecule has 0 bridgehead atoms. The number of carboxylic acid groups (broad SMARTS) is 1. The molecular formula is C4H6N3O2+. The lowest BCUT2D eigenvalue weighted by atomic mass is 10.5. The molecule has 48 valence electrons. The van der Waals surface area contributed by atoms with Crippen molar-refractivity contribution in [3.63, 3.8) is 0 Å². The summed E-state index contributed by atoms with van der Waals surface area (Å²) in [5.74, 6) is -1.02. The summed E-state index contributed by atoms with van der Waals surface area (Å²) in [6.45, 7) is 0. The number of rotatable bonds is 1. The van der Waals surface area contributed by atoms with Gasteiger partial charge in [0.25, 0.3) is 0 Å². The monoisotopic (exact) mass is 128 g/mol. The fourth-order valence-corrected chi connectivity index (χ4v) is 0.478. The molecule has 0 unspecified atom stereocenters. The molecule has 2 N–H and O–H groups in total. The Hall–Kier alpha value is -1.39. The molecule has 0 atom stereocenters. The minimum absolute atomic E-state index is 0.0255. The smallest absolute Gasteiger partial charge is 0.387 e. The molecule has 1 aromatic rings. The average Bonchev–Trinajstić information content (AvgIpc) is 2.14. The number of aromatic amines is 1. The molecule has 0 fully saturated rings. The highest BCUT2D eigenvalue weighted by atomic mass is 16.4. The molecule has 0 spiro atoms. The number of hydrogen-bond donors (Lipinski definition) is 1. The Balaban J connectivity index is 2.98. The Morgan fingerprint density at radius 1 is 2.00 bits per heavy atom. The normalized spacial score (nSPS) is 9.44. The Kier molecular flexibility index (Phi) is 1.18. The van der Waals surface area contributed by atoms with E-state index in [1.54, 1.807) is 7.05 Å². The lowest BCUT2D eigenvalue weighted by molar-refractivity contribution is -0.492. The van der Waals surface area contributed by atoms with Crippen molar-refractivity contribution in [2.24, 2.45) is 7.05 Å². The standard InChI is InChI=1S/C4H5N3O2/c1-7-5-2-3(6-7)4(8)9/h2H,1H3,(H,8,9)/p+1. The molecule has 5 nitrogen and oxygen atoms in total. The predicted molar refractivity (Wildman–Crippen MR) is 26.7 cm³/mol. The zero-order valence-electron chi connectivity index (χ0n) is 4.83. The minimum atomic E-state index is -1.02. The summed E-state index contributed by atoms with van der Waals surface area (Å²) >= 11 is 0. The number of aromatic nitrogens is 3. The number of aryl methyl sites for hydroxylation is 1. The van der Waals surface area contributed by atoms with Gasteiger partial charge in [-0.15, -0.1) is 0 Å². The van der Waals surface area contributed by atoms with Gasteiger partial charge in [-0.25, -0.2) is 4.79 Å². The van der Waals surface area contributed by atoms with Gasteiger partial charge in [-0.05, 0) is 0 Å². The van der Waals surface area contributed by atoms with E-state index in [1.165, 1.54) is 11.0 Å². The van der Waals surface area contributed by atoms with Gasteiger partial charge in [-0.2, -0.15) is 5.10 Å². The second-order valence-electron chi connectivity index (χ2n) is 1.59. The molecule has 9 heavy (non-hydrogen) atoms.